The molecule has 0 atom stereocenters. The smallest absolute Gasteiger partial charge is 0.124 e. The van der Waals surface area contributed by atoms with E-state index in [1.54, 1.807) is 0 Å². The van der Waals surface area contributed by atoms with E-state index < -0.39 is 5.41 Å². The van der Waals surface area contributed by atoms with Crippen LogP contribution in [0.3, 0.4) is 0 Å². The molecule has 0 saturated carbocycles. The van der Waals surface area contributed by atoms with Crippen LogP contribution in [-0.4, -0.2) is 35.9 Å². The number of nitrogens with one attached hydrogen (secondary N) is 2. The van der Waals surface area contributed by atoms with E-state index >= 15 is 0 Å². The molecule has 196 valence electrons. The van der Waals surface area contributed by atoms with Crippen LogP contribution in [0.25, 0.3) is 22.1 Å². The van der Waals surface area contributed by atoms with Crippen molar-refractivity contribution in [3.63, 3.8) is 0 Å². The lowest BCUT2D eigenvalue weighted by atomic mass is 9.61. The van der Waals surface area contributed by atoms with Crippen LogP contribution in [0.4, 0.5) is 0 Å². The fraction of sp³-hybridized carbons (Fsp3) is 0.355. The number of H-pyrrole nitrogens is 2. The van der Waals surface area contributed by atoms with Crippen molar-refractivity contribution in [1.82, 2.24) is 30.8 Å². The second-order valence-electron chi connectivity index (χ2n) is 9.75. The number of hydrogen-bond acceptors (Lipinski definition) is 5. The summed E-state index contributed by atoms with van der Waals surface area (Å²) >= 11 is 0. The van der Waals surface area contributed by atoms with Gasteiger partial charge >= 0.3 is 0 Å². The molecule has 5 aromatic rings. The molecule has 0 aliphatic rings. The molecule has 2 heterocycles. The largest absolute Gasteiger partial charge is 0.507 e. The zero-order valence-corrected chi connectivity index (χ0v) is 22.9. The van der Waals surface area contributed by atoms with E-state index in [1.165, 1.54) is 11.1 Å². The number of hydrogen-bond donors (Lipinski definition) is 3. The highest BCUT2D eigenvalue weighted by atomic mass is 16.3. The maximum Gasteiger partial charge on any atom is 0.124 e. The summed E-state index contributed by atoms with van der Waals surface area (Å²) in [6.45, 7) is 15.5. The molecule has 38 heavy (non-hydrogen) atoms. The molecule has 7 nitrogen and oxygen atoms in total. The van der Waals surface area contributed by atoms with Gasteiger partial charge in [0, 0.05) is 16.7 Å². The van der Waals surface area contributed by atoms with Gasteiger partial charge in [0.05, 0.1) is 5.41 Å². The van der Waals surface area contributed by atoms with Crippen LogP contribution in [0.5, 0.6) is 5.75 Å². The molecule has 7 heteroatoms. The summed E-state index contributed by atoms with van der Waals surface area (Å²) in [5, 5.41) is 36.1. The van der Waals surface area contributed by atoms with Crippen molar-refractivity contribution in [3.8, 4) is 5.75 Å². The Labute approximate surface area is 223 Å². The minimum Gasteiger partial charge on any atom is -0.507 e. The molecule has 0 bridgehead atoms. The van der Waals surface area contributed by atoms with Gasteiger partial charge in [0.15, 0.2) is 0 Å². The van der Waals surface area contributed by atoms with Crippen LogP contribution < -0.4 is 0 Å². The Kier molecular flexibility index (Phi) is 6.78. The van der Waals surface area contributed by atoms with Gasteiger partial charge in [-0.1, -0.05) is 71.0 Å². The van der Waals surface area contributed by atoms with E-state index in [0.717, 1.165) is 81.1 Å². The molecule has 0 aliphatic heterocycles. The van der Waals surface area contributed by atoms with Crippen molar-refractivity contribution in [1.29, 1.82) is 0 Å². The first-order valence-corrected chi connectivity index (χ1v) is 13.7. The maximum atomic E-state index is 12.4. The third-order valence-electron chi connectivity index (χ3n) is 8.17. The number of aromatic hydroxyl groups is 1. The minimum atomic E-state index is -0.947. The second kappa shape index (κ2) is 10.0. The van der Waals surface area contributed by atoms with Crippen LogP contribution in [0, 0.1) is 0 Å². The van der Waals surface area contributed by atoms with Crippen LogP contribution in [0.15, 0.2) is 48.6 Å². The third kappa shape index (κ3) is 3.48. The van der Waals surface area contributed by atoms with Crippen LogP contribution in [0.1, 0.15) is 80.0 Å². The predicted octanol–water partition coefficient (Wildman–Crippen LogP) is 6.49. The highest BCUT2D eigenvalue weighted by Gasteiger charge is 2.46. The number of benzene rings is 3. The Bertz CT molecular complexity index is 1570. The lowest BCUT2D eigenvalue weighted by molar-refractivity contribution is 0.449. The van der Waals surface area contributed by atoms with Crippen molar-refractivity contribution in [3.05, 3.63) is 87.5 Å². The topological polar surface area (TPSA) is 103 Å². The van der Waals surface area contributed by atoms with Gasteiger partial charge in [0.1, 0.15) is 27.8 Å². The summed E-state index contributed by atoms with van der Waals surface area (Å²) in [5.41, 5.74) is 10.5. The normalized spacial score (nSPS) is 12.0. The first-order chi connectivity index (χ1) is 18.5. The monoisotopic (exact) mass is 508 g/mol. The van der Waals surface area contributed by atoms with Crippen molar-refractivity contribution >= 4 is 22.1 Å². The van der Waals surface area contributed by atoms with E-state index in [-0.39, 0.29) is 0 Å². The summed E-state index contributed by atoms with van der Waals surface area (Å²) < 4.78 is 0. The Morgan fingerprint density at radius 1 is 0.711 bits per heavy atom. The lowest BCUT2D eigenvalue weighted by Gasteiger charge is -2.41. The molecule has 0 spiro atoms. The van der Waals surface area contributed by atoms with Gasteiger partial charge in [-0.3, -0.25) is 0 Å². The Morgan fingerprint density at radius 3 is 1.63 bits per heavy atom. The fourth-order valence-electron chi connectivity index (χ4n) is 6.56. The van der Waals surface area contributed by atoms with Gasteiger partial charge in [-0.2, -0.15) is 30.8 Å². The summed E-state index contributed by atoms with van der Waals surface area (Å²) in [6.07, 6.45) is 3.93. The Morgan fingerprint density at radius 2 is 1.18 bits per heavy atom. The molecular weight excluding hydrogens is 472 g/mol. The zero-order valence-electron chi connectivity index (χ0n) is 22.9. The van der Waals surface area contributed by atoms with Crippen LogP contribution in [0.2, 0.25) is 0 Å². The number of aromatic nitrogens is 6. The zero-order chi connectivity index (χ0) is 27.0. The first kappa shape index (κ1) is 25.6. The van der Waals surface area contributed by atoms with Gasteiger partial charge in [-0.05, 0) is 66.5 Å². The van der Waals surface area contributed by atoms with Crippen molar-refractivity contribution < 1.29 is 5.11 Å². The van der Waals surface area contributed by atoms with Crippen LogP contribution in [-0.2, 0) is 31.1 Å². The number of fused-ring (bicyclic) bond motifs is 2. The van der Waals surface area contributed by atoms with E-state index in [0.29, 0.717) is 12.2 Å². The van der Waals surface area contributed by atoms with Gasteiger partial charge in [0.25, 0.3) is 0 Å². The number of nitrogens with zero attached hydrogens (tertiary/aromatic N) is 4. The van der Waals surface area contributed by atoms with Gasteiger partial charge in [-0.25, -0.2) is 0 Å². The molecular formula is C31H36N6O. The highest BCUT2D eigenvalue weighted by molar-refractivity contribution is 5.88. The molecule has 0 aliphatic carbocycles. The molecule has 5 rings (SSSR count). The molecule has 0 radical (unpaired) electrons. The van der Waals surface area contributed by atoms with E-state index in [2.05, 4.69) is 77.6 Å². The average Bonchev–Trinajstić information content (AvgIpc) is 3.63. The van der Waals surface area contributed by atoms with Gasteiger partial charge < -0.3 is 5.11 Å². The predicted molar refractivity (Wildman–Crippen MR) is 153 cm³/mol. The number of aromatic amines is 2. The summed E-state index contributed by atoms with van der Waals surface area (Å²) in [5.74, 6) is 0.342. The van der Waals surface area contributed by atoms with E-state index in [9.17, 15) is 5.11 Å². The minimum absolute atomic E-state index is 0.342. The number of allylic oxidation sites excluding steroid dienone is 1. The molecule has 3 aromatic carbocycles. The van der Waals surface area contributed by atoms with E-state index in [1.807, 2.05) is 24.3 Å². The van der Waals surface area contributed by atoms with Crippen LogP contribution >= 0.6 is 0 Å². The summed E-state index contributed by atoms with van der Waals surface area (Å²) in [4.78, 5) is 0. The van der Waals surface area contributed by atoms with Crippen molar-refractivity contribution in [2.75, 3.05) is 0 Å². The maximum absolute atomic E-state index is 12.4. The molecule has 2 aromatic heterocycles. The van der Waals surface area contributed by atoms with Crippen molar-refractivity contribution in [2.24, 2.45) is 0 Å². The highest BCUT2D eigenvalue weighted by Crippen LogP contribution is 2.54. The number of rotatable bonds is 9. The molecule has 0 amide bonds. The molecule has 3 N–H and O–H groups in total. The SMILES string of the molecule is C=C(CC)C(c1c(O)c(CC)c(CC)c(CC)c1CC)(c1cccc2n[nH]nc12)c1cccc2n[nH]nc12. The van der Waals surface area contributed by atoms with E-state index in [4.69, 9.17) is 6.58 Å². The fourth-order valence-corrected chi connectivity index (χ4v) is 6.56. The molecule has 0 fully saturated rings. The average molecular weight is 509 g/mol. The summed E-state index contributed by atoms with van der Waals surface area (Å²) in [6, 6.07) is 12.1. The first-order valence-electron chi connectivity index (χ1n) is 13.7. The lowest BCUT2D eigenvalue weighted by Crippen LogP contribution is -2.34. The Hall–Kier alpha value is -4.00. The number of phenolic OH excluding ortho intramolecular Hbond substituents is 1. The van der Waals surface area contributed by atoms with Crippen molar-refractivity contribution in [2.45, 2.75) is 72.1 Å². The summed E-state index contributed by atoms with van der Waals surface area (Å²) in [7, 11) is 0. The standard InChI is InChI=1S/C31H36N6O/c1-7-18(6)31(23-14-12-16-25-28(23)34-36-32-25,24-15-13-17-26-29(24)35-37-33-26)27-21(10-4)19(8-2)20(9-3)22(11-5)30(27)38/h12-17,38H,6-11H2,1-5H3,(H,32,34,36)(H,33,35,37). The number of phenols is 1. The molecule has 0 saturated heterocycles. The van der Waals surface area contributed by atoms with Gasteiger partial charge in [0.2, 0.25) is 0 Å². The molecule has 0 unspecified atom stereocenters. The Balaban J connectivity index is 2.12. The number of para-hydroxylation sites is 2. The second-order valence-corrected chi connectivity index (χ2v) is 9.75. The third-order valence-corrected chi connectivity index (χ3v) is 8.17. The van der Waals surface area contributed by atoms with Gasteiger partial charge in [-0.15, -0.1) is 0 Å². The quantitative estimate of drug-likeness (QED) is 0.156.